The third kappa shape index (κ3) is 4.24. The van der Waals surface area contributed by atoms with Crippen molar-refractivity contribution in [2.45, 2.75) is 13.0 Å². The van der Waals surface area contributed by atoms with Crippen molar-refractivity contribution in [1.82, 2.24) is 5.32 Å². The maximum absolute atomic E-state index is 10.4. The number of nitrogens with one attached hydrogen (secondary N) is 1. The highest BCUT2D eigenvalue weighted by atomic mass is 35.5. The van der Waals surface area contributed by atoms with Crippen molar-refractivity contribution in [3.05, 3.63) is 0 Å². The zero-order chi connectivity index (χ0) is 7.28. The quantitative estimate of drug-likeness (QED) is 0.546. The molecule has 0 rings (SSSR count). The molecule has 0 aliphatic heterocycles. The number of hydrogen-bond donors (Lipinski definition) is 2. The first-order chi connectivity index (χ1) is 4.20. The molecule has 0 heterocycles. The molecule has 54 valence electrons. The van der Waals surface area contributed by atoms with Gasteiger partial charge in [0, 0.05) is 6.04 Å². The van der Waals surface area contributed by atoms with Crippen LogP contribution in [0.15, 0.2) is 0 Å². The number of rotatable bonds is 3. The van der Waals surface area contributed by atoms with Gasteiger partial charge in [-0.2, -0.15) is 0 Å². The van der Waals surface area contributed by atoms with Crippen LogP contribution in [0.2, 0.25) is 0 Å². The van der Waals surface area contributed by atoms with Crippen LogP contribution < -0.4 is 5.32 Å². The van der Waals surface area contributed by atoms with E-state index in [0.717, 1.165) is 0 Å². The number of aliphatic hydroxyl groups is 1. The van der Waals surface area contributed by atoms with Crippen LogP contribution in [-0.4, -0.2) is 29.5 Å². The molecule has 2 N–H and O–H groups in total. The third-order valence-electron chi connectivity index (χ3n) is 0.803. The predicted molar refractivity (Wildman–Crippen MR) is 35.4 cm³/mol. The molecule has 1 atom stereocenters. The van der Waals surface area contributed by atoms with Crippen LogP contribution in [0.5, 0.6) is 0 Å². The minimum Gasteiger partial charge on any atom is -0.394 e. The summed E-state index contributed by atoms with van der Waals surface area (Å²) in [6.07, 6.45) is 0. The van der Waals surface area contributed by atoms with Crippen molar-refractivity contribution in [2.75, 3.05) is 12.5 Å². The lowest BCUT2D eigenvalue weighted by Gasteiger charge is -2.07. The number of halogens is 1. The Labute approximate surface area is 59.0 Å². The molecule has 0 fully saturated rings. The number of alkyl halides is 1. The molecular weight excluding hydrogens is 142 g/mol. The molecule has 0 saturated carbocycles. The van der Waals surface area contributed by atoms with Gasteiger partial charge in [-0.25, -0.2) is 0 Å². The van der Waals surface area contributed by atoms with Crippen LogP contribution in [-0.2, 0) is 4.79 Å². The Kier molecular flexibility index (Phi) is 4.44. The highest BCUT2D eigenvalue weighted by Gasteiger charge is 2.02. The molecule has 3 nitrogen and oxygen atoms in total. The molecule has 4 heteroatoms. The maximum Gasteiger partial charge on any atom is 0.235 e. The average Bonchev–Trinajstić information content (AvgIpc) is 1.87. The first-order valence-electron chi connectivity index (χ1n) is 2.67. The monoisotopic (exact) mass is 151 g/mol. The van der Waals surface area contributed by atoms with Gasteiger partial charge in [-0.1, -0.05) is 0 Å². The van der Waals surface area contributed by atoms with E-state index in [0.29, 0.717) is 0 Å². The van der Waals surface area contributed by atoms with E-state index >= 15 is 0 Å². The largest absolute Gasteiger partial charge is 0.394 e. The zero-order valence-corrected chi connectivity index (χ0v) is 5.98. The van der Waals surface area contributed by atoms with Crippen LogP contribution in [0.4, 0.5) is 0 Å². The van der Waals surface area contributed by atoms with Gasteiger partial charge in [-0.3, -0.25) is 4.79 Å². The second-order valence-electron chi connectivity index (χ2n) is 1.78. The topological polar surface area (TPSA) is 49.3 Å². The van der Waals surface area contributed by atoms with Crippen LogP contribution in [0.3, 0.4) is 0 Å². The van der Waals surface area contributed by atoms with Crippen molar-refractivity contribution in [3.8, 4) is 0 Å². The van der Waals surface area contributed by atoms with Gasteiger partial charge in [-0.15, -0.1) is 11.6 Å². The normalized spacial score (nSPS) is 12.8. The van der Waals surface area contributed by atoms with Crippen LogP contribution in [0.1, 0.15) is 6.92 Å². The molecule has 1 unspecified atom stereocenters. The van der Waals surface area contributed by atoms with E-state index in [9.17, 15) is 4.79 Å². The first kappa shape index (κ1) is 8.72. The molecule has 0 aliphatic rings. The van der Waals surface area contributed by atoms with E-state index in [1.54, 1.807) is 6.92 Å². The fraction of sp³-hybridized carbons (Fsp3) is 0.800. The van der Waals surface area contributed by atoms with Crippen LogP contribution in [0, 0.1) is 0 Å². The van der Waals surface area contributed by atoms with Gasteiger partial charge in [-0.05, 0) is 6.92 Å². The Morgan fingerprint density at radius 2 is 2.44 bits per heavy atom. The minimum absolute atomic E-state index is 0.0513. The Hall–Kier alpha value is -0.280. The molecule has 0 aromatic rings. The lowest BCUT2D eigenvalue weighted by Crippen LogP contribution is -2.35. The first-order valence-corrected chi connectivity index (χ1v) is 3.20. The number of hydrogen-bond acceptors (Lipinski definition) is 2. The van der Waals surface area contributed by atoms with Gasteiger partial charge in [0.2, 0.25) is 5.91 Å². The van der Waals surface area contributed by atoms with Crippen LogP contribution in [0.25, 0.3) is 0 Å². The van der Waals surface area contributed by atoms with Crippen molar-refractivity contribution in [2.24, 2.45) is 0 Å². The van der Waals surface area contributed by atoms with Gasteiger partial charge in [0.25, 0.3) is 0 Å². The summed E-state index contributed by atoms with van der Waals surface area (Å²) in [6, 6.07) is -0.198. The van der Waals surface area contributed by atoms with Gasteiger partial charge < -0.3 is 10.4 Å². The summed E-state index contributed by atoms with van der Waals surface area (Å²) in [7, 11) is 0. The summed E-state index contributed by atoms with van der Waals surface area (Å²) in [4.78, 5) is 10.4. The molecule has 0 aromatic heterocycles. The van der Waals surface area contributed by atoms with E-state index in [1.807, 2.05) is 0 Å². The molecule has 0 saturated heterocycles. The SMILES string of the molecule is CC(CO)NC(=O)CCl. The second kappa shape index (κ2) is 4.58. The smallest absolute Gasteiger partial charge is 0.235 e. The summed E-state index contributed by atoms with van der Waals surface area (Å²) < 4.78 is 0. The highest BCUT2D eigenvalue weighted by molar-refractivity contribution is 6.27. The van der Waals surface area contributed by atoms with Gasteiger partial charge in [0.05, 0.1) is 6.61 Å². The second-order valence-corrected chi connectivity index (χ2v) is 2.05. The Balaban J connectivity index is 3.34. The van der Waals surface area contributed by atoms with Crippen LogP contribution >= 0.6 is 11.6 Å². The summed E-state index contributed by atoms with van der Waals surface area (Å²) in [5.41, 5.74) is 0. The third-order valence-corrected chi connectivity index (χ3v) is 1.05. The molecule has 0 aliphatic carbocycles. The van der Waals surface area contributed by atoms with Gasteiger partial charge in [0.15, 0.2) is 0 Å². The number of carbonyl (C=O) groups excluding carboxylic acids is 1. The predicted octanol–water partition coefficient (Wildman–Crippen LogP) is -0.278. The Morgan fingerprint density at radius 1 is 1.89 bits per heavy atom. The summed E-state index contributed by atoms with van der Waals surface area (Å²) in [5.74, 6) is -0.303. The van der Waals surface area contributed by atoms with E-state index in [1.165, 1.54) is 0 Å². The molecule has 0 spiro atoms. The fourth-order valence-corrected chi connectivity index (χ4v) is 0.436. The van der Waals surface area contributed by atoms with E-state index in [4.69, 9.17) is 16.7 Å². The minimum atomic E-state index is -0.252. The van der Waals surface area contributed by atoms with E-state index in [2.05, 4.69) is 5.32 Å². The summed E-state index contributed by atoms with van der Waals surface area (Å²) in [6.45, 7) is 1.65. The van der Waals surface area contributed by atoms with Crippen molar-refractivity contribution < 1.29 is 9.90 Å². The van der Waals surface area contributed by atoms with E-state index < -0.39 is 0 Å². The number of amides is 1. The lowest BCUT2D eigenvalue weighted by molar-refractivity contribution is -0.119. The van der Waals surface area contributed by atoms with Gasteiger partial charge >= 0.3 is 0 Å². The van der Waals surface area contributed by atoms with E-state index in [-0.39, 0.29) is 24.4 Å². The standard InChI is InChI=1S/C5H10ClNO2/c1-4(3-8)7-5(9)2-6/h4,8H,2-3H2,1H3,(H,7,9). The lowest BCUT2D eigenvalue weighted by atomic mass is 10.4. The molecule has 0 bridgehead atoms. The molecule has 9 heavy (non-hydrogen) atoms. The number of aliphatic hydroxyl groups excluding tert-OH is 1. The molecule has 0 radical (unpaired) electrons. The maximum atomic E-state index is 10.4. The summed E-state index contributed by atoms with van der Waals surface area (Å²) in [5, 5.41) is 10.9. The Morgan fingerprint density at radius 3 is 2.78 bits per heavy atom. The highest BCUT2D eigenvalue weighted by Crippen LogP contribution is 1.80. The zero-order valence-electron chi connectivity index (χ0n) is 5.22. The van der Waals surface area contributed by atoms with Gasteiger partial charge in [0.1, 0.15) is 5.88 Å². The molecule has 0 aromatic carbocycles. The number of carbonyl (C=O) groups is 1. The fourth-order valence-electron chi connectivity index (χ4n) is 0.359. The van der Waals surface area contributed by atoms with Crippen molar-refractivity contribution in [1.29, 1.82) is 0 Å². The Bertz CT molecular complexity index is 97.0. The van der Waals surface area contributed by atoms with Crippen molar-refractivity contribution >= 4 is 17.5 Å². The molecular formula is C5H10ClNO2. The van der Waals surface area contributed by atoms with Crippen molar-refractivity contribution in [3.63, 3.8) is 0 Å². The summed E-state index contributed by atoms with van der Waals surface area (Å²) >= 11 is 5.16. The molecule has 1 amide bonds. The average molecular weight is 152 g/mol.